The lowest BCUT2D eigenvalue weighted by Crippen LogP contribution is -2.17. The second-order valence-corrected chi connectivity index (χ2v) is 7.02. The molecule has 0 atom stereocenters. The van der Waals surface area contributed by atoms with E-state index in [2.05, 4.69) is 30.5 Å². The van der Waals surface area contributed by atoms with Gasteiger partial charge in [0, 0.05) is 5.69 Å². The monoisotopic (exact) mass is 527 g/mol. The minimum Gasteiger partial charge on any atom is -0.406 e. The van der Waals surface area contributed by atoms with Gasteiger partial charge in [-0.05, 0) is 59.6 Å². The fourth-order valence-electron chi connectivity index (χ4n) is 2.46. The van der Waals surface area contributed by atoms with Gasteiger partial charge in [0.25, 0.3) is 0 Å². The molecule has 0 fully saturated rings. The van der Waals surface area contributed by atoms with Crippen LogP contribution in [0, 0.1) is 5.82 Å². The summed E-state index contributed by atoms with van der Waals surface area (Å²) in [5.74, 6) is -2.23. The van der Waals surface area contributed by atoms with Crippen LogP contribution in [0.4, 0.5) is 48.1 Å². The summed E-state index contributed by atoms with van der Waals surface area (Å²) in [5, 5.41) is 5.76. The first kappa shape index (κ1) is 25.3. The van der Waals surface area contributed by atoms with Crippen LogP contribution in [0.3, 0.4) is 0 Å². The number of rotatable bonds is 6. The first-order valence-corrected chi connectivity index (χ1v) is 9.59. The summed E-state index contributed by atoms with van der Waals surface area (Å²) >= 11 is 12.0. The predicted molar refractivity (Wildman–Crippen MR) is 111 cm³/mol. The average molecular weight is 528 g/mol. The third-order valence-electron chi connectivity index (χ3n) is 3.86. The van der Waals surface area contributed by atoms with Crippen LogP contribution >= 0.6 is 23.2 Å². The van der Waals surface area contributed by atoms with E-state index in [1.54, 1.807) is 0 Å². The molecule has 180 valence electrons. The minimum absolute atomic E-state index is 0.143. The van der Waals surface area contributed by atoms with Crippen molar-refractivity contribution >= 4 is 46.7 Å². The Hall–Kier alpha value is -3.32. The molecule has 0 saturated carbocycles. The molecule has 0 aliphatic heterocycles. The summed E-state index contributed by atoms with van der Waals surface area (Å²) in [6, 6.07) is 6.91. The second kappa shape index (κ2) is 9.89. The van der Waals surface area contributed by atoms with E-state index in [0.717, 1.165) is 18.2 Å². The molecule has 34 heavy (non-hydrogen) atoms. The van der Waals surface area contributed by atoms with Gasteiger partial charge in [0.1, 0.15) is 16.6 Å². The van der Waals surface area contributed by atoms with Gasteiger partial charge in [-0.25, -0.2) is 4.39 Å². The number of nitrogens with zero attached hydrogens (tertiary/aromatic N) is 3. The van der Waals surface area contributed by atoms with Crippen molar-refractivity contribution in [2.24, 2.45) is 5.10 Å². The maximum Gasteiger partial charge on any atom is 0.573 e. The number of anilines is 3. The van der Waals surface area contributed by atoms with Gasteiger partial charge in [-0.3, -0.25) is 5.43 Å². The molecule has 0 amide bonds. The van der Waals surface area contributed by atoms with Crippen LogP contribution in [-0.2, 0) is 6.18 Å². The van der Waals surface area contributed by atoms with Crippen LogP contribution in [0.5, 0.6) is 5.75 Å². The van der Waals surface area contributed by atoms with Crippen LogP contribution in [0.1, 0.15) is 11.1 Å². The Kier molecular flexibility index (Phi) is 7.36. The van der Waals surface area contributed by atoms with E-state index in [4.69, 9.17) is 23.2 Å². The number of alkyl halides is 6. The third-order valence-corrected chi connectivity index (χ3v) is 4.38. The quantitative estimate of drug-likeness (QED) is 0.156. The van der Waals surface area contributed by atoms with Gasteiger partial charge in [0.05, 0.1) is 11.8 Å². The molecule has 0 unspecified atom stereocenters. The summed E-state index contributed by atoms with van der Waals surface area (Å²) in [6.45, 7) is 0. The van der Waals surface area contributed by atoms with E-state index >= 15 is 0 Å². The molecule has 0 spiro atoms. The smallest absolute Gasteiger partial charge is 0.406 e. The fraction of sp³-hybridized carbons (Fsp3) is 0.105. The number of aromatic nitrogens is 2. The van der Waals surface area contributed by atoms with Crippen LogP contribution in [-0.4, -0.2) is 22.5 Å². The lowest BCUT2D eigenvalue weighted by Gasteiger charge is -2.13. The SMILES string of the molecule is Fc1ccc(Nc2nc(Cl)nc(N/N=C/c3ccc(OC(F)(F)F)cc3)c2Cl)cc1C(F)(F)F. The number of ether oxygens (including phenoxy) is 1. The Balaban J connectivity index is 1.76. The van der Waals surface area contributed by atoms with Crippen LogP contribution in [0.25, 0.3) is 0 Å². The molecule has 3 rings (SSSR count). The van der Waals surface area contributed by atoms with Crippen molar-refractivity contribution in [2.45, 2.75) is 12.5 Å². The van der Waals surface area contributed by atoms with Gasteiger partial charge in [0.2, 0.25) is 5.28 Å². The van der Waals surface area contributed by atoms with E-state index in [0.29, 0.717) is 17.7 Å². The van der Waals surface area contributed by atoms with E-state index in [-0.39, 0.29) is 27.6 Å². The summed E-state index contributed by atoms with van der Waals surface area (Å²) in [4.78, 5) is 7.59. The second-order valence-electron chi connectivity index (χ2n) is 6.31. The number of hydrogen-bond donors (Lipinski definition) is 2. The molecule has 0 radical (unpaired) electrons. The number of hydrazone groups is 1. The maximum absolute atomic E-state index is 13.5. The van der Waals surface area contributed by atoms with Crippen LogP contribution < -0.4 is 15.5 Å². The highest BCUT2D eigenvalue weighted by atomic mass is 35.5. The largest absolute Gasteiger partial charge is 0.573 e. The van der Waals surface area contributed by atoms with Crippen molar-refractivity contribution in [3.8, 4) is 5.75 Å². The average Bonchev–Trinajstić information content (AvgIpc) is 2.72. The predicted octanol–water partition coefficient (Wildman–Crippen LogP) is 7.03. The maximum atomic E-state index is 13.5. The van der Waals surface area contributed by atoms with Crippen molar-refractivity contribution in [3.63, 3.8) is 0 Å². The lowest BCUT2D eigenvalue weighted by molar-refractivity contribution is -0.274. The normalized spacial score (nSPS) is 12.1. The van der Waals surface area contributed by atoms with E-state index in [1.807, 2.05) is 0 Å². The number of nitrogens with one attached hydrogen (secondary N) is 2. The highest BCUT2D eigenvalue weighted by molar-refractivity contribution is 6.36. The highest BCUT2D eigenvalue weighted by Crippen LogP contribution is 2.35. The summed E-state index contributed by atoms with van der Waals surface area (Å²) in [7, 11) is 0. The standard InChI is InChI=1S/C19H10Cl2F7N5O/c20-14-15(30-10-3-6-13(22)12(7-10)18(23,24)25)31-17(21)32-16(14)33-29-8-9-1-4-11(5-2-9)34-19(26,27)28/h1-8H,(H2,30,31,32,33)/b29-8+. The zero-order chi connectivity index (χ0) is 25.1. The molecule has 15 heteroatoms. The first-order valence-electron chi connectivity index (χ1n) is 8.83. The van der Waals surface area contributed by atoms with Gasteiger partial charge >= 0.3 is 12.5 Å². The Morgan fingerprint density at radius 2 is 1.56 bits per heavy atom. The lowest BCUT2D eigenvalue weighted by atomic mass is 10.2. The number of benzene rings is 2. The van der Waals surface area contributed by atoms with Crippen LogP contribution in [0.15, 0.2) is 47.6 Å². The van der Waals surface area contributed by atoms with Crippen molar-refractivity contribution < 1.29 is 35.5 Å². The van der Waals surface area contributed by atoms with Crippen molar-refractivity contribution in [1.29, 1.82) is 0 Å². The Morgan fingerprint density at radius 3 is 2.18 bits per heavy atom. The summed E-state index contributed by atoms with van der Waals surface area (Å²) in [5.41, 5.74) is 1.14. The van der Waals surface area contributed by atoms with Gasteiger partial charge in [-0.15, -0.1) is 13.2 Å². The molecule has 6 nitrogen and oxygen atoms in total. The van der Waals surface area contributed by atoms with Crippen molar-refractivity contribution in [2.75, 3.05) is 10.7 Å². The molecule has 2 N–H and O–H groups in total. The van der Waals surface area contributed by atoms with Gasteiger partial charge in [0.15, 0.2) is 11.6 Å². The Labute approximate surface area is 196 Å². The molecule has 0 aliphatic rings. The van der Waals surface area contributed by atoms with Gasteiger partial charge < -0.3 is 10.1 Å². The first-order chi connectivity index (χ1) is 15.8. The molecule has 2 aromatic carbocycles. The topological polar surface area (TPSA) is 71.4 Å². The molecular formula is C19H10Cl2F7N5O. The van der Waals surface area contributed by atoms with Crippen molar-refractivity contribution in [1.82, 2.24) is 9.97 Å². The molecule has 0 saturated heterocycles. The summed E-state index contributed by atoms with van der Waals surface area (Å²) in [6.07, 6.45) is -8.53. The Bertz CT molecular complexity index is 1200. The zero-order valence-electron chi connectivity index (χ0n) is 16.3. The number of halogens is 9. The van der Waals surface area contributed by atoms with E-state index < -0.39 is 29.7 Å². The van der Waals surface area contributed by atoms with E-state index in [9.17, 15) is 30.7 Å². The van der Waals surface area contributed by atoms with Crippen molar-refractivity contribution in [3.05, 3.63) is 69.7 Å². The zero-order valence-corrected chi connectivity index (χ0v) is 17.8. The summed E-state index contributed by atoms with van der Waals surface area (Å²) < 4.78 is 92.6. The molecule has 1 aromatic heterocycles. The molecule has 3 aromatic rings. The molecule has 0 aliphatic carbocycles. The Morgan fingerprint density at radius 1 is 0.912 bits per heavy atom. The minimum atomic E-state index is -4.92. The highest BCUT2D eigenvalue weighted by Gasteiger charge is 2.34. The van der Waals surface area contributed by atoms with Crippen LogP contribution in [0.2, 0.25) is 10.3 Å². The number of hydrogen-bond acceptors (Lipinski definition) is 6. The van der Waals surface area contributed by atoms with Gasteiger partial charge in [-0.2, -0.15) is 28.2 Å². The fourth-order valence-corrected chi connectivity index (χ4v) is 2.80. The third kappa shape index (κ3) is 6.84. The van der Waals surface area contributed by atoms with Gasteiger partial charge in [-0.1, -0.05) is 11.6 Å². The molecule has 1 heterocycles. The molecule has 0 bridgehead atoms. The van der Waals surface area contributed by atoms with E-state index in [1.165, 1.54) is 18.3 Å². The molecular weight excluding hydrogens is 518 g/mol.